The summed E-state index contributed by atoms with van der Waals surface area (Å²) in [5, 5.41) is 15.5. The average molecular weight is 615 g/mol. The first-order chi connectivity index (χ1) is 21.1. The number of fused-ring (bicyclic) bond motifs is 1. The molecule has 2 heterocycles. The second kappa shape index (κ2) is 13.7. The molecule has 0 spiro atoms. The molecule has 0 bridgehead atoms. The third-order valence-corrected chi connectivity index (χ3v) is 9.33. The highest BCUT2D eigenvalue weighted by Gasteiger charge is 2.34. The molecular formula is C34H38N4O5S. The van der Waals surface area contributed by atoms with Crippen LogP contribution in [0.3, 0.4) is 0 Å². The number of rotatable bonds is 10. The molecule has 1 saturated heterocycles. The molecule has 5 rings (SSSR count). The topological polar surface area (TPSA) is 129 Å². The number of nitrogens with one attached hydrogen (secondary N) is 2. The first kappa shape index (κ1) is 31.3. The van der Waals surface area contributed by atoms with Gasteiger partial charge in [0, 0.05) is 24.8 Å². The number of aromatic nitrogens is 1. The molecule has 1 aromatic heterocycles. The minimum atomic E-state index is -4.00. The summed E-state index contributed by atoms with van der Waals surface area (Å²) < 4.78 is 29.2. The van der Waals surface area contributed by atoms with Crippen molar-refractivity contribution in [2.45, 2.75) is 56.2 Å². The normalized spacial score (nSPS) is 17.9. The highest BCUT2D eigenvalue weighted by molar-refractivity contribution is 7.89. The van der Waals surface area contributed by atoms with E-state index in [9.17, 15) is 23.1 Å². The number of aliphatic hydroxyl groups excluding tert-OH is 1. The highest BCUT2D eigenvalue weighted by Crippen LogP contribution is 2.22. The fraction of sp³-hybridized carbons (Fsp3) is 0.324. The molecule has 1 fully saturated rings. The molecule has 1 aliphatic rings. The van der Waals surface area contributed by atoms with Crippen LogP contribution in [0.2, 0.25) is 0 Å². The van der Waals surface area contributed by atoms with Gasteiger partial charge in [0.15, 0.2) is 0 Å². The summed E-state index contributed by atoms with van der Waals surface area (Å²) in [5.74, 6) is -0.586. The number of piperidine rings is 1. The molecule has 3 aromatic carbocycles. The summed E-state index contributed by atoms with van der Waals surface area (Å²) in [7, 11) is -4.00. The predicted octanol–water partition coefficient (Wildman–Crippen LogP) is 3.92. The van der Waals surface area contributed by atoms with E-state index in [0.717, 1.165) is 27.6 Å². The number of pyridine rings is 1. The maximum Gasteiger partial charge on any atom is 0.241 e. The van der Waals surface area contributed by atoms with Gasteiger partial charge in [-0.1, -0.05) is 68.4 Å². The molecular weight excluding hydrogens is 576 g/mol. The first-order valence-corrected chi connectivity index (χ1v) is 16.3. The van der Waals surface area contributed by atoms with E-state index in [1.807, 2.05) is 80.6 Å². The van der Waals surface area contributed by atoms with E-state index in [0.29, 0.717) is 13.0 Å². The maximum atomic E-state index is 13.4. The molecule has 44 heavy (non-hydrogen) atoms. The van der Waals surface area contributed by atoms with Gasteiger partial charge in [-0.3, -0.25) is 14.6 Å². The Labute approximate surface area is 258 Å². The summed E-state index contributed by atoms with van der Waals surface area (Å²) in [5.41, 5.74) is 2.59. The third-order valence-electron chi connectivity index (χ3n) is 7.86. The Morgan fingerprint density at radius 1 is 0.977 bits per heavy atom. The minimum Gasteiger partial charge on any atom is -0.389 e. The van der Waals surface area contributed by atoms with E-state index < -0.39 is 34.1 Å². The summed E-state index contributed by atoms with van der Waals surface area (Å²) in [6.07, 6.45) is 1.54. The van der Waals surface area contributed by atoms with Crippen molar-refractivity contribution in [3.05, 3.63) is 96.7 Å². The Bertz CT molecular complexity index is 1730. The fourth-order valence-corrected chi connectivity index (χ4v) is 6.78. The van der Waals surface area contributed by atoms with Gasteiger partial charge in [-0.15, -0.1) is 0 Å². The summed E-state index contributed by atoms with van der Waals surface area (Å²) in [6, 6.07) is 24.0. The lowest BCUT2D eigenvalue weighted by Gasteiger charge is -2.37. The van der Waals surface area contributed by atoms with E-state index >= 15 is 0 Å². The highest BCUT2D eigenvalue weighted by atomic mass is 32.2. The van der Waals surface area contributed by atoms with Gasteiger partial charge in [-0.05, 0) is 65.4 Å². The van der Waals surface area contributed by atoms with Gasteiger partial charge < -0.3 is 15.3 Å². The lowest BCUT2D eigenvalue weighted by atomic mass is 9.98. The number of hydrogen-bond acceptors (Lipinski definition) is 6. The van der Waals surface area contributed by atoms with Crippen LogP contribution in [-0.2, 0) is 26.0 Å². The van der Waals surface area contributed by atoms with E-state index in [2.05, 4.69) is 15.0 Å². The summed E-state index contributed by atoms with van der Waals surface area (Å²) in [4.78, 5) is 32.6. The van der Waals surface area contributed by atoms with Crippen molar-refractivity contribution >= 4 is 32.6 Å². The number of carbonyl (C=O) groups excluding carboxylic acids is 2. The van der Waals surface area contributed by atoms with Crippen LogP contribution < -0.4 is 10.0 Å². The molecule has 10 heteroatoms. The van der Waals surface area contributed by atoms with Crippen molar-refractivity contribution in [2.24, 2.45) is 5.92 Å². The molecule has 0 saturated carbocycles. The van der Waals surface area contributed by atoms with Crippen LogP contribution in [0.15, 0.2) is 96.0 Å². The van der Waals surface area contributed by atoms with Crippen LogP contribution in [0.25, 0.3) is 22.0 Å². The number of hydrogen-bond donors (Lipinski definition) is 3. The van der Waals surface area contributed by atoms with E-state index in [1.165, 1.54) is 6.07 Å². The zero-order valence-electron chi connectivity index (χ0n) is 24.9. The lowest BCUT2D eigenvalue weighted by Crippen LogP contribution is -2.58. The van der Waals surface area contributed by atoms with Gasteiger partial charge >= 0.3 is 0 Å². The standard InChI is InChI=1S/C34H38N4O5S/c1-23(2)18-31(37-44(42,43)28-14-13-25-9-3-4-10-26(25)21-28)34(41)36-30-15-17-38(22-32(30)39)33(40)20-24-8-7-11-27(19-24)29-12-5-6-16-35-29/h3-14,16,19,21,23,30-32,37,39H,15,17-18,20,22H2,1-2H3,(H,36,41)/t30?,31-,32?/m0/s1. The molecule has 4 aromatic rings. The van der Waals surface area contributed by atoms with E-state index in [4.69, 9.17) is 0 Å². The van der Waals surface area contributed by atoms with Crippen LogP contribution >= 0.6 is 0 Å². The number of β-amino-alcohol motifs (C(OH)–C–C–N with tert-alkyl or cyclic N) is 1. The van der Waals surface area contributed by atoms with Gasteiger partial charge in [-0.2, -0.15) is 4.72 Å². The lowest BCUT2D eigenvalue weighted by molar-refractivity contribution is -0.134. The molecule has 3 N–H and O–H groups in total. The molecule has 0 radical (unpaired) electrons. The molecule has 2 amide bonds. The number of sulfonamides is 1. The monoisotopic (exact) mass is 614 g/mol. The second-order valence-corrected chi connectivity index (χ2v) is 13.4. The van der Waals surface area contributed by atoms with Crippen LogP contribution in [0.5, 0.6) is 0 Å². The van der Waals surface area contributed by atoms with Crippen molar-refractivity contribution in [2.75, 3.05) is 13.1 Å². The molecule has 3 atom stereocenters. The SMILES string of the molecule is CC(C)C[C@H](NS(=O)(=O)c1ccc2ccccc2c1)C(=O)NC1CCN(C(=O)Cc2cccc(-c3ccccn3)c2)CC1O. The number of amides is 2. The molecule has 9 nitrogen and oxygen atoms in total. The van der Waals surface area contributed by atoms with Crippen molar-refractivity contribution in [3.63, 3.8) is 0 Å². The van der Waals surface area contributed by atoms with Crippen molar-refractivity contribution in [1.82, 2.24) is 19.9 Å². The van der Waals surface area contributed by atoms with Gasteiger partial charge in [0.2, 0.25) is 21.8 Å². The Hall–Kier alpha value is -4.12. The minimum absolute atomic E-state index is 0.0330. The largest absolute Gasteiger partial charge is 0.389 e. The van der Waals surface area contributed by atoms with Gasteiger partial charge in [0.25, 0.3) is 0 Å². The Kier molecular flexibility index (Phi) is 9.73. The smallest absolute Gasteiger partial charge is 0.241 e. The van der Waals surface area contributed by atoms with Crippen molar-refractivity contribution < 1.29 is 23.1 Å². The number of aliphatic hydroxyl groups is 1. The van der Waals surface area contributed by atoms with Gasteiger partial charge in [-0.25, -0.2) is 8.42 Å². The van der Waals surface area contributed by atoms with Crippen LogP contribution in [-0.4, -0.2) is 66.5 Å². The first-order valence-electron chi connectivity index (χ1n) is 14.9. The summed E-state index contributed by atoms with van der Waals surface area (Å²) >= 11 is 0. The zero-order chi connectivity index (χ0) is 31.3. The van der Waals surface area contributed by atoms with Gasteiger partial charge in [0.1, 0.15) is 6.04 Å². The summed E-state index contributed by atoms with van der Waals surface area (Å²) in [6.45, 7) is 4.25. The van der Waals surface area contributed by atoms with Crippen LogP contribution in [0.1, 0.15) is 32.3 Å². The number of benzene rings is 3. The van der Waals surface area contributed by atoms with Crippen molar-refractivity contribution in [3.8, 4) is 11.3 Å². The predicted molar refractivity (Wildman–Crippen MR) is 170 cm³/mol. The number of nitrogens with zero attached hydrogens (tertiary/aromatic N) is 2. The number of likely N-dealkylation sites (tertiary alicyclic amines) is 1. The van der Waals surface area contributed by atoms with E-state index in [1.54, 1.807) is 23.2 Å². The quantitative estimate of drug-likeness (QED) is 0.249. The molecule has 2 unspecified atom stereocenters. The maximum absolute atomic E-state index is 13.4. The second-order valence-electron chi connectivity index (χ2n) is 11.7. The molecule has 0 aliphatic carbocycles. The molecule has 230 valence electrons. The Morgan fingerprint density at radius 2 is 1.75 bits per heavy atom. The molecule has 1 aliphatic heterocycles. The Balaban J connectivity index is 1.20. The van der Waals surface area contributed by atoms with Crippen LogP contribution in [0.4, 0.5) is 0 Å². The van der Waals surface area contributed by atoms with E-state index in [-0.39, 0.29) is 36.1 Å². The fourth-order valence-electron chi connectivity index (χ4n) is 5.54. The van der Waals surface area contributed by atoms with Gasteiger partial charge in [0.05, 0.1) is 29.2 Å². The zero-order valence-corrected chi connectivity index (χ0v) is 25.7. The number of carbonyl (C=O) groups is 2. The van der Waals surface area contributed by atoms with Crippen LogP contribution in [0, 0.1) is 5.92 Å². The average Bonchev–Trinajstić information content (AvgIpc) is 3.01. The Morgan fingerprint density at radius 3 is 2.48 bits per heavy atom. The third kappa shape index (κ3) is 7.68. The van der Waals surface area contributed by atoms with Crippen molar-refractivity contribution in [1.29, 1.82) is 0 Å².